The number of phenols is 2. The van der Waals surface area contributed by atoms with Crippen molar-refractivity contribution in [3.63, 3.8) is 0 Å². The van der Waals surface area contributed by atoms with Crippen LogP contribution in [0.25, 0.3) is 0 Å². The Kier molecular flexibility index (Phi) is 11.9. The van der Waals surface area contributed by atoms with Gasteiger partial charge < -0.3 is 44.3 Å². The van der Waals surface area contributed by atoms with Crippen LogP contribution in [-0.2, 0) is 23.3 Å². The highest BCUT2D eigenvalue weighted by Gasteiger charge is 2.50. The van der Waals surface area contributed by atoms with Crippen molar-refractivity contribution < 1.29 is 39.0 Å². The van der Waals surface area contributed by atoms with Gasteiger partial charge in [-0.3, -0.25) is 9.80 Å². The summed E-state index contributed by atoms with van der Waals surface area (Å²) in [7, 11) is 7.13. The summed E-state index contributed by atoms with van der Waals surface area (Å²) in [5, 5.41) is 37.5. The summed E-state index contributed by atoms with van der Waals surface area (Å²) >= 11 is 1.82. The van der Waals surface area contributed by atoms with Crippen molar-refractivity contribution in [2.24, 2.45) is 0 Å². The van der Waals surface area contributed by atoms with Gasteiger partial charge in [0.05, 0.1) is 38.7 Å². The van der Waals surface area contributed by atoms with E-state index in [1.807, 2.05) is 64.8 Å². The van der Waals surface area contributed by atoms with E-state index in [0.717, 1.165) is 68.1 Å². The van der Waals surface area contributed by atoms with E-state index >= 15 is 0 Å². The zero-order valence-electron chi connectivity index (χ0n) is 32.5. The first kappa shape index (κ1) is 38.9. The van der Waals surface area contributed by atoms with Gasteiger partial charge in [0.1, 0.15) is 6.73 Å². The highest BCUT2D eigenvalue weighted by atomic mass is 32.2. The van der Waals surface area contributed by atoms with Gasteiger partial charge in [-0.15, -0.1) is 11.8 Å². The zero-order valence-corrected chi connectivity index (χ0v) is 33.3. The molecule has 0 bridgehead atoms. The van der Waals surface area contributed by atoms with Crippen LogP contribution in [0.2, 0.25) is 0 Å². The van der Waals surface area contributed by atoms with E-state index in [2.05, 4.69) is 35.0 Å². The van der Waals surface area contributed by atoms with Crippen LogP contribution in [0.15, 0.2) is 30.0 Å². The molecular weight excluding hydrogens is 695 g/mol. The Balaban J connectivity index is 1.47. The van der Waals surface area contributed by atoms with E-state index in [1.54, 1.807) is 14.2 Å². The van der Waals surface area contributed by atoms with E-state index in [0.29, 0.717) is 49.1 Å². The minimum atomic E-state index is -0.356. The molecule has 3 aliphatic rings. The van der Waals surface area contributed by atoms with Crippen LogP contribution in [0.5, 0.6) is 34.5 Å². The Morgan fingerprint density at radius 2 is 1.79 bits per heavy atom. The van der Waals surface area contributed by atoms with Gasteiger partial charge in [0, 0.05) is 41.3 Å². The fraction of sp³-hybridized carbons (Fsp3) is 0.512. The first-order valence-electron chi connectivity index (χ1n) is 18.3. The summed E-state index contributed by atoms with van der Waals surface area (Å²) in [6.07, 6.45) is 3.32. The standard InChI is InChI=1S/C41H55N3O8S/c1-10-23(3)50-20-43(7)13-11-26-16-30(46)31(48-8)17-28(26)19-53-41-32-24(4)25(5)39-40(52-21-51-39)34(32)29(18-45)44-14-12-27-15-22(2)38(49-9)37(47)33(27)35(42-6)36(41)44/h10,15-17,29,35-36,41-42,45-47H,11-14,18-21H2,1-9H3/b23-10-. The predicted octanol–water partition coefficient (Wildman–Crippen LogP) is 6.35. The van der Waals surface area contributed by atoms with Crippen molar-refractivity contribution in [2.45, 2.75) is 76.6 Å². The number of thioether (sulfide) groups is 1. The molecule has 3 aromatic carbocycles. The Hall–Kier alpha value is -3.81. The van der Waals surface area contributed by atoms with Gasteiger partial charge in [0.15, 0.2) is 34.5 Å². The van der Waals surface area contributed by atoms with Crippen LogP contribution in [0.4, 0.5) is 0 Å². The molecule has 0 aromatic heterocycles. The number of aliphatic hydroxyl groups is 1. The van der Waals surface area contributed by atoms with E-state index in [4.69, 9.17) is 23.7 Å². The van der Waals surface area contributed by atoms with Crippen molar-refractivity contribution >= 4 is 11.8 Å². The van der Waals surface area contributed by atoms with Gasteiger partial charge >= 0.3 is 0 Å². The number of fused-ring (bicyclic) bond motifs is 5. The average Bonchev–Trinajstić information content (AvgIpc) is 3.58. The summed E-state index contributed by atoms with van der Waals surface area (Å²) in [6, 6.07) is 5.04. The van der Waals surface area contributed by atoms with Crippen LogP contribution in [0.3, 0.4) is 0 Å². The van der Waals surface area contributed by atoms with Gasteiger partial charge in [-0.05, 0) is 119 Å². The summed E-state index contributed by atoms with van der Waals surface area (Å²) in [5.74, 6) is 4.10. The van der Waals surface area contributed by atoms with Gasteiger partial charge in [0.25, 0.3) is 0 Å². The first-order chi connectivity index (χ1) is 25.5. The number of methoxy groups -OCH3 is 2. The molecule has 11 nitrogen and oxygen atoms in total. The third-order valence-electron chi connectivity index (χ3n) is 11.3. The molecule has 4 unspecified atom stereocenters. The smallest absolute Gasteiger partial charge is 0.231 e. The minimum absolute atomic E-state index is 0.106. The number of aromatic hydroxyl groups is 2. The summed E-state index contributed by atoms with van der Waals surface area (Å²) in [4.78, 5) is 4.52. The maximum Gasteiger partial charge on any atom is 0.231 e. The average molecular weight is 750 g/mol. The van der Waals surface area contributed by atoms with Crippen LogP contribution in [-0.4, -0.2) is 92.7 Å². The second-order valence-electron chi connectivity index (χ2n) is 14.3. The molecule has 3 heterocycles. The second-order valence-corrected chi connectivity index (χ2v) is 15.4. The first-order valence-corrected chi connectivity index (χ1v) is 19.3. The van der Waals surface area contributed by atoms with E-state index in [1.165, 1.54) is 0 Å². The van der Waals surface area contributed by atoms with Gasteiger partial charge in [-0.1, -0.05) is 6.07 Å². The van der Waals surface area contributed by atoms with Crippen molar-refractivity contribution in [3.8, 4) is 34.5 Å². The Labute approximate surface area is 317 Å². The Bertz CT molecular complexity index is 1870. The molecule has 4 atom stereocenters. The van der Waals surface area contributed by atoms with E-state index < -0.39 is 0 Å². The molecule has 0 saturated heterocycles. The molecule has 0 spiro atoms. The number of likely N-dealkylation sites (N-methyl/N-ethyl adjacent to an activating group) is 2. The molecular formula is C41H55N3O8S. The quantitative estimate of drug-likeness (QED) is 0.115. The van der Waals surface area contributed by atoms with Crippen molar-refractivity contribution in [3.05, 3.63) is 80.1 Å². The lowest BCUT2D eigenvalue weighted by Crippen LogP contribution is -2.52. The minimum Gasteiger partial charge on any atom is -0.504 e. The van der Waals surface area contributed by atoms with Gasteiger partial charge in [0.2, 0.25) is 6.79 Å². The molecule has 6 rings (SSSR count). The zero-order chi connectivity index (χ0) is 38.1. The Morgan fingerprint density at radius 3 is 2.47 bits per heavy atom. The SMILES string of the molecule is C/C=C(/C)OCN(C)CCc1cc(O)c(OC)cc1CSC1c2c(C)c(C)c3c(c2C(CO)N2CCc4cc(C)c(OC)c(O)c4C(NC)C12)OCO3. The molecule has 0 amide bonds. The fourth-order valence-electron chi connectivity index (χ4n) is 8.37. The third-order valence-corrected chi connectivity index (χ3v) is 12.7. The van der Waals surface area contributed by atoms with Crippen molar-refractivity contribution in [1.29, 1.82) is 0 Å². The lowest BCUT2D eigenvalue weighted by atomic mass is 9.79. The highest BCUT2D eigenvalue weighted by Crippen LogP contribution is 2.59. The fourth-order valence-corrected chi connectivity index (χ4v) is 9.98. The number of benzene rings is 3. The molecule has 3 aliphatic heterocycles. The number of phenolic OH excluding ortho intramolecular Hbond substituents is 2. The highest BCUT2D eigenvalue weighted by molar-refractivity contribution is 7.98. The number of rotatable bonds is 13. The largest absolute Gasteiger partial charge is 0.504 e. The number of hydrogen-bond acceptors (Lipinski definition) is 12. The van der Waals surface area contributed by atoms with Crippen LogP contribution >= 0.6 is 11.8 Å². The number of nitrogens with one attached hydrogen (secondary N) is 1. The number of nitrogens with zero attached hydrogens (tertiary/aromatic N) is 2. The van der Waals surface area contributed by atoms with E-state index in [-0.39, 0.29) is 48.3 Å². The van der Waals surface area contributed by atoms with Crippen LogP contribution in [0.1, 0.15) is 81.3 Å². The molecule has 53 heavy (non-hydrogen) atoms. The normalized spacial score (nSPS) is 20.8. The number of ether oxygens (including phenoxy) is 5. The van der Waals surface area contributed by atoms with Gasteiger partial charge in [-0.2, -0.15) is 0 Å². The maximum atomic E-state index is 11.8. The molecule has 0 saturated carbocycles. The molecule has 0 fully saturated rings. The molecule has 0 aliphatic carbocycles. The molecule has 0 radical (unpaired) electrons. The summed E-state index contributed by atoms with van der Waals surface area (Å²) in [6.45, 7) is 11.9. The number of hydrogen-bond donors (Lipinski definition) is 4. The molecule has 4 N–H and O–H groups in total. The maximum absolute atomic E-state index is 11.8. The topological polar surface area (TPSA) is 125 Å². The lowest BCUT2D eigenvalue weighted by Gasteiger charge is -2.49. The number of aryl methyl sites for hydroxylation is 1. The molecule has 12 heteroatoms. The monoisotopic (exact) mass is 749 g/mol. The Morgan fingerprint density at radius 1 is 1.04 bits per heavy atom. The lowest BCUT2D eigenvalue weighted by molar-refractivity contribution is 0.0534. The summed E-state index contributed by atoms with van der Waals surface area (Å²) in [5.41, 5.74) is 9.07. The molecule has 288 valence electrons. The van der Waals surface area contributed by atoms with Crippen LogP contribution in [0, 0.1) is 20.8 Å². The number of aliphatic hydroxyl groups excluding tert-OH is 1. The van der Waals surface area contributed by atoms with Crippen molar-refractivity contribution in [2.75, 3.05) is 61.5 Å². The summed E-state index contributed by atoms with van der Waals surface area (Å²) < 4.78 is 29.4. The van der Waals surface area contributed by atoms with Crippen molar-refractivity contribution in [1.82, 2.24) is 15.1 Å². The van der Waals surface area contributed by atoms with Gasteiger partial charge in [-0.25, -0.2) is 0 Å². The number of allylic oxidation sites excluding steroid dienone is 2. The van der Waals surface area contributed by atoms with E-state index in [9.17, 15) is 15.3 Å². The predicted molar refractivity (Wildman–Crippen MR) is 208 cm³/mol. The third kappa shape index (κ3) is 7.12. The van der Waals surface area contributed by atoms with Crippen LogP contribution < -0.4 is 24.3 Å². The second kappa shape index (κ2) is 16.3. The molecule has 3 aromatic rings.